The van der Waals surface area contributed by atoms with Gasteiger partial charge < -0.3 is 24.6 Å². The molecule has 0 atom stereocenters. The zero-order chi connectivity index (χ0) is 24.0. The van der Waals surface area contributed by atoms with E-state index in [1.54, 1.807) is 25.2 Å². The van der Waals surface area contributed by atoms with Crippen LogP contribution in [0, 0.1) is 0 Å². The van der Waals surface area contributed by atoms with Crippen molar-refractivity contribution in [3.63, 3.8) is 0 Å². The molecule has 2 aliphatic heterocycles. The van der Waals surface area contributed by atoms with Gasteiger partial charge in [0.2, 0.25) is 0 Å². The first-order valence-electron chi connectivity index (χ1n) is 11.0. The highest BCUT2D eigenvalue weighted by Gasteiger charge is 2.45. The molecule has 8 nitrogen and oxygen atoms in total. The van der Waals surface area contributed by atoms with Crippen molar-refractivity contribution < 1.29 is 19.1 Å². The quantitative estimate of drug-likeness (QED) is 0.560. The van der Waals surface area contributed by atoms with Crippen LogP contribution in [0.1, 0.15) is 33.7 Å². The van der Waals surface area contributed by atoms with Gasteiger partial charge in [-0.3, -0.25) is 9.59 Å². The molecule has 1 fully saturated rings. The van der Waals surface area contributed by atoms with E-state index in [0.717, 1.165) is 15.5 Å². The van der Waals surface area contributed by atoms with Crippen LogP contribution in [0.25, 0.3) is 10.9 Å². The fraction of sp³-hybridized carbons (Fsp3) is 0.320. The summed E-state index contributed by atoms with van der Waals surface area (Å²) in [6.45, 7) is 0.979. The number of aromatic nitrogens is 1. The Morgan fingerprint density at radius 1 is 1.09 bits per heavy atom. The highest BCUT2D eigenvalue weighted by atomic mass is 79.9. The highest BCUT2D eigenvalue weighted by molar-refractivity contribution is 9.10. The molecule has 0 saturated carbocycles. The number of hydrogen-bond donors (Lipinski definition) is 1. The Hall–Kier alpha value is -3.33. The first-order chi connectivity index (χ1) is 16.4. The van der Waals surface area contributed by atoms with Crippen LogP contribution in [-0.2, 0) is 0 Å². The fourth-order valence-electron chi connectivity index (χ4n) is 4.91. The number of methoxy groups -OCH3 is 2. The van der Waals surface area contributed by atoms with Gasteiger partial charge in [-0.2, -0.15) is 0 Å². The molecule has 1 spiro atoms. The molecule has 2 aliphatic rings. The van der Waals surface area contributed by atoms with Gasteiger partial charge in [-0.15, -0.1) is 0 Å². The van der Waals surface area contributed by atoms with E-state index in [4.69, 9.17) is 9.47 Å². The lowest BCUT2D eigenvalue weighted by Crippen LogP contribution is -2.67. The van der Waals surface area contributed by atoms with Gasteiger partial charge in [0.05, 0.1) is 25.5 Å². The van der Waals surface area contributed by atoms with E-state index >= 15 is 0 Å². The van der Waals surface area contributed by atoms with Crippen molar-refractivity contribution in [2.45, 2.75) is 18.5 Å². The van der Waals surface area contributed by atoms with Crippen molar-refractivity contribution in [1.29, 1.82) is 0 Å². The molecule has 5 rings (SSSR count). The number of nitrogens with zero attached hydrogens (tertiary/aromatic N) is 3. The van der Waals surface area contributed by atoms with E-state index in [1.807, 2.05) is 43.4 Å². The summed E-state index contributed by atoms with van der Waals surface area (Å²) in [6.07, 6.45) is 1.20. The molecule has 3 heterocycles. The van der Waals surface area contributed by atoms with Crippen molar-refractivity contribution in [3.05, 3.63) is 58.2 Å². The molecule has 1 aromatic heterocycles. The highest BCUT2D eigenvalue weighted by Crippen LogP contribution is 2.38. The van der Waals surface area contributed by atoms with Gasteiger partial charge in [-0.05, 0) is 30.3 Å². The van der Waals surface area contributed by atoms with Gasteiger partial charge >= 0.3 is 0 Å². The van der Waals surface area contributed by atoms with E-state index in [1.165, 1.54) is 0 Å². The second-order valence-corrected chi connectivity index (χ2v) is 9.48. The average Bonchev–Trinajstić information content (AvgIpc) is 2.86. The predicted molar refractivity (Wildman–Crippen MR) is 133 cm³/mol. The number of ether oxygens (including phenoxy) is 2. The van der Waals surface area contributed by atoms with Crippen molar-refractivity contribution in [1.82, 2.24) is 15.2 Å². The van der Waals surface area contributed by atoms with Crippen LogP contribution in [-0.4, -0.2) is 61.7 Å². The van der Waals surface area contributed by atoms with Gasteiger partial charge in [0.1, 0.15) is 28.4 Å². The number of nitrogens with one attached hydrogen (secondary N) is 1. The minimum atomic E-state index is -0.535. The number of anilines is 1. The maximum absolute atomic E-state index is 13.4. The van der Waals surface area contributed by atoms with Crippen LogP contribution in [0.4, 0.5) is 5.69 Å². The van der Waals surface area contributed by atoms with E-state index in [2.05, 4.69) is 31.1 Å². The number of rotatable bonds is 3. The monoisotopic (exact) mass is 524 g/mol. The normalized spacial score (nSPS) is 16.9. The van der Waals surface area contributed by atoms with Crippen LogP contribution in [0.15, 0.2) is 46.9 Å². The molecule has 2 aromatic carbocycles. The van der Waals surface area contributed by atoms with Crippen molar-refractivity contribution in [2.75, 3.05) is 39.3 Å². The molecule has 0 radical (unpaired) electrons. The van der Waals surface area contributed by atoms with Crippen LogP contribution < -0.4 is 19.7 Å². The number of piperidine rings is 1. The molecule has 0 aliphatic carbocycles. The first-order valence-corrected chi connectivity index (χ1v) is 11.8. The number of fused-ring (bicyclic) bond motifs is 2. The van der Waals surface area contributed by atoms with Gasteiger partial charge in [0, 0.05) is 48.9 Å². The number of likely N-dealkylation sites (tertiary alicyclic amines) is 1. The summed E-state index contributed by atoms with van der Waals surface area (Å²) in [7, 11) is 5.14. The molecular formula is C25H25BrN4O4. The second kappa shape index (κ2) is 8.47. The summed E-state index contributed by atoms with van der Waals surface area (Å²) in [5.74, 6) is 0.889. The Labute approximate surface area is 206 Å². The largest absolute Gasteiger partial charge is 0.496 e. The third kappa shape index (κ3) is 3.55. The van der Waals surface area contributed by atoms with E-state index in [-0.39, 0.29) is 11.8 Å². The fourth-order valence-corrected chi connectivity index (χ4v) is 5.27. The van der Waals surface area contributed by atoms with Gasteiger partial charge in [0.15, 0.2) is 0 Å². The number of hydrogen-bond acceptors (Lipinski definition) is 6. The zero-order valence-corrected chi connectivity index (χ0v) is 20.8. The summed E-state index contributed by atoms with van der Waals surface area (Å²) in [4.78, 5) is 34.8. The molecule has 2 amide bonds. The molecule has 1 N–H and O–H groups in total. The van der Waals surface area contributed by atoms with Crippen LogP contribution in [0.3, 0.4) is 0 Å². The molecule has 0 bridgehead atoms. The Balaban J connectivity index is 1.40. The molecular weight excluding hydrogens is 500 g/mol. The Kier molecular flexibility index (Phi) is 5.59. The number of amides is 2. The minimum Gasteiger partial charge on any atom is -0.496 e. The van der Waals surface area contributed by atoms with E-state index in [9.17, 15) is 9.59 Å². The number of halogens is 1. The smallest absolute Gasteiger partial charge is 0.272 e. The van der Waals surface area contributed by atoms with E-state index in [0.29, 0.717) is 54.2 Å². The molecule has 176 valence electrons. The van der Waals surface area contributed by atoms with E-state index < -0.39 is 5.66 Å². The Bertz CT molecular complexity index is 1300. The van der Waals surface area contributed by atoms with Crippen LogP contribution >= 0.6 is 15.9 Å². The van der Waals surface area contributed by atoms with Gasteiger partial charge in [0.25, 0.3) is 11.8 Å². The molecule has 9 heteroatoms. The molecule has 3 aromatic rings. The summed E-state index contributed by atoms with van der Waals surface area (Å²) < 4.78 is 11.8. The summed E-state index contributed by atoms with van der Waals surface area (Å²) in [5.41, 5.74) is 1.89. The topological polar surface area (TPSA) is 84.0 Å². The third-order valence-corrected chi connectivity index (χ3v) is 7.35. The van der Waals surface area contributed by atoms with Crippen molar-refractivity contribution in [3.8, 4) is 11.5 Å². The minimum absolute atomic E-state index is 0.0952. The van der Waals surface area contributed by atoms with Crippen LogP contribution in [0.5, 0.6) is 11.5 Å². The number of para-hydroxylation sites is 1. The molecule has 34 heavy (non-hydrogen) atoms. The summed E-state index contributed by atoms with van der Waals surface area (Å²) >= 11 is 3.44. The maximum Gasteiger partial charge on any atom is 0.272 e. The maximum atomic E-state index is 13.4. The number of carbonyl (C=O) groups excluding carboxylic acids is 2. The lowest BCUT2D eigenvalue weighted by Gasteiger charge is -2.51. The third-order valence-electron chi connectivity index (χ3n) is 6.85. The lowest BCUT2D eigenvalue weighted by atomic mass is 9.90. The van der Waals surface area contributed by atoms with Crippen molar-refractivity contribution in [2.24, 2.45) is 0 Å². The Morgan fingerprint density at radius 2 is 1.82 bits per heavy atom. The number of pyridine rings is 1. The first kappa shape index (κ1) is 22.5. The Morgan fingerprint density at radius 3 is 2.53 bits per heavy atom. The average molecular weight is 525 g/mol. The van der Waals surface area contributed by atoms with Crippen LogP contribution in [0.2, 0.25) is 0 Å². The predicted octanol–water partition coefficient (Wildman–Crippen LogP) is 3.83. The SMILES string of the molecule is COc1cc(C(=O)N2CCC3(CC2)NC(=O)c2cc(Br)ccc2N3C)nc2c(OC)cccc12. The van der Waals surface area contributed by atoms with Crippen molar-refractivity contribution >= 4 is 44.3 Å². The second-order valence-electron chi connectivity index (χ2n) is 8.56. The summed E-state index contributed by atoms with van der Waals surface area (Å²) in [5, 5.41) is 3.98. The van der Waals surface area contributed by atoms with Gasteiger partial charge in [-0.25, -0.2) is 4.98 Å². The molecule has 1 saturated heterocycles. The van der Waals surface area contributed by atoms with Gasteiger partial charge in [-0.1, -0.05) is 22.0 Å². The summed E-state index contributed by atoms with van der Waals surface area (Å²) in [6, 6.07) is 13.0. The number of carbonyl (C=O) groups is 2. The standard InChI is InChI=1S/C25H25BrN4O4/c1-29-19-8-7-15(26)13-17(19)23(31)28-25(29)9-11-30(12-10-25)24(32)18-14-21(34-3)16-5-4-6-20(33-2)22(16)27-18/h4-8,13-14H,9-12H2,1-3H3,(H,28,31). The number of benzene rings is 2. The zero-order valence-electron chi connectivity index (χ0n) is 19.2. The lowest BCUT2D eigenvalue weighted by molar-refractivity contribution is 0.0604. The molecule has 0 unspecified atom stereocenters.